The molecule has 7 heteroatoms. The highest BCUT2D eigenvalue weighted by atomic mass is 32.2. The summed E-state index contributed by atoms with van der Waals surface area (Å²) in [5.74, 6) is -0.499. The lowest BCUT2D eigenvalue weighted by Crippen LogP contribution is -2.38. The first-order valence-electron chi connectivity index (χ1n) is 5.17. The number of pyridine rings is 1. The van der Waals surface area contributed by atoms with E-state index < -0.39 is 27.3 Å². The fourth-order valence-electron chi connectivity index (χ4n) is 1.77. The summed E-state index contributed by atoms with van der Waals surface area (Å²) in [5.41, 5.74) is -0.484. The summed E-state index contributed by atoms with van der Waals surface area (Å²) in [7, 11) is -3.03. The van der Waals surface area contributed by atoms with E-state index in [0.717, 1.165) is 0 Å². The number of hydrogen-bond donors (Lipinski definition) is 2. The molecule has 0 bridgehead atoms. The van der Waals surface area contributed by atoms with Gasteiger partial charge in [-0.1, -0.05) is 0 Å². The minimum atomic E-state index is -3.03. The maximum Gasteiger partial charge on any atom is 0.260 e. The predicted molar refractivity (Wildman–Crippen MR) is 61.6 cm³/mol. The molecule has 2 heterocycles. The van der Waals surface area contributed by atoms with Crippen LogP contribution in [0, 0.1) is 0 Å². The highest BCUT2D eigenvalue weighted by Gasteiger charge is 2.29. The van der Waals surface area contributed by atoms with E-state index >= 15 is 0 Å². The van der Waals surface area contributed by atoms with Crippen molar-refractivity contribution >= 4 is 15.7 Å². The fourth-order valence-corrected chi connectivity index (χ4v) is 3.45. The molecule has 0 aliphatic carbocycles. The first kappa shape index (κ1) is 11.8. The molecule has 0 saturated carbocycles. The van der Waals surface area contributed by atoms with Crippen LogP contribution in [0.3, 0.4) is 0 Å². The third-order valence-electron chi connectivity index (χ3n) is 2.63. The van der Waals surface area contributed by atoms with Crippen molar-refractivity contribution in [2.24, 2.45) is 0 Å². The van der Waals surface area contributed by atoms with Gasteiger partial charge in [0, 0.05) is 12.2 Å². The molecule has 1 fully saturated rings. The van der Waals surface area contributed by atoms with E-state index in [0.29, 0.717) is 6.42 Å². The zero-order valence-corrected chi connectivity index (χ0v) is 9.79. The quantitative estimate of drug-likeness (QED) is 0.730. The number of sulfone groups is 1. The minimum absolute atomic E-state index is 0.00296. The Kier molecular flexibility index (Phi) is 3.01. The first-order valence-corrected chi connectivity index (χ1v) is 6.99. The van der Waals surface area contributed by atoms with Crippen molar-refractivity contribution in [3.8, 4) is 0 Å². The number of aromatic amines is 1. The maximum atomic E-state index is 11.7. The average Bonchev–Trinajstić information content (AvgIpc) is 2.58. The lowest BCUT2D eigenvalue weighted by atomic mass is 10.2. The Morgan fingerprint density at radius 3 is 2.82 bits per heavy atom. The van der Waals surface area contributed by atoms with Gasteiger partial charge in [-0.25, -0.2) is 8.42 Å². The molecule has 1 aliphatic rings. The van der Waals surface area contributed by atoms with Gasteiger partial charge in [0.1, 0.15) is 5.56 Å². The van der Waals surface area contributed by atoms with Gasteiger partial charge >= 0.3 is 0 Å². The summed E-state index contributed by atoms with van der Waals surface area (Å²) in [6.07, 6.45) is 1.83. The fraction of sp³-hybridized carbons (Fsp3) is 0.400. The smallest absolute Gasteiger partial charge is 0.260 e. The van der Waals surface area contributed by atoms with Crippen molar-refractivity contribution in [2.45, 2.75) is 12.5 Å². The highest BCUT2D eigenvalue weighted by molar-refractivity contribution is 7.91. The van der Waals surface area contributed by atoms with Gasteiger partial charge < -0.3 is 10.3 Å². The normalized spacial score (nSPS) is 22.2. The number of carbonyl (C=O) groups excluding carboxylic acids is 1. The van der Waals surface area contributed by atoms with Gasteiger partial charge in [-0.15, -0.1) is 0 Å². The van der Waals surface area contributed by atoms with Gasteiger partial charge in [-0.3, -0.25) is 9.59 Å². The van der Waals surface area contributed by atoms with Crippen molar-refractivity contribution in [3.05, 3.63) is 34.2 Å². The van der Waals surface area contributed by atoms with Crippen LogP contribution >= 0.6 is 0 Å². The van der Waals surface area contributed by atoms with Crippen LogP contribution in [0.4, 0.5) is 0 Å². The van der Waals surface area contributed by atoms with Crippen molar-refractivity contribution in [2.75, 3.05) is 11.5 Å². The second kappa shape index (κ2) is 4.33. The monoisotopic (exact) mass is 256 g/mol. The Morgan fingerprint density at radius 2 is 2.24 bits per heavy atom. The van der Waals surface area contributed by atoms with E-state index in [9.17, 15) is 18.0 Å². The zero-order chi connectivity index (χ0) is 12.5. The van der Waals surface area contributed by atoms with Crippen molar-refractivity contribution in [1.29, 1.82) is 0 Å². The summed E-state index contributed by atoms with van der Waals surface area (Å²) < 4.78 is 22.4. The average molecular weight is 256 g/mol. The Morgan fingerprint density at radius 1 is 1.47 bits per heavy atom. The molecule has 0 aromatic carbocycles. The van der Waals surface area contributed by atoms with Crippen LogP contribution in [0.25, 0.3) is 0 Å². The van der Waals surface area contributed by atoms with Crippen LogP contribution in [0.15, 0.2) is 23.1 Å². The molecule has 0 unspecified atom stereocenters. The third-order valence-corrected chi connectivity index (χ3v) is 4.40. The summed E-state index contributed by atoms with van der Waals surface area (Å²) in [4.78, 5) is 25.4. The Hall–Kier alpha value is -1.63. The van der Waals surface area contributed by atoms with Crippen molar-refractivity contribution in [3.63, 3.8) is 0 Å². The molecule has 1 amide bonds. The lowest BCUT2D eigenvalue weighted by molar-refractivity contribution is 0.0939. The molecule has 1 aromatic rings. The topological polar surface area (TPSA) is 96.1 Å². The molecule has 1 saturated heterocycles. The molecule has 17 heavy (non-hydrogen) atoms. The van der Waals surface area contributed by atoms with Gasteiger partial charge in [0.2, 0.25) is 0 Å². The van der Waals surface area contributed by atoms with Gasteiger partial charge in [-0.2, -0.15) is 0 Å². The number of nitrogens with one attached hydrogen (secondary N) is 2. The molecular weight excluding hydrogens is 244 g/mol. The van der Waals surface area contributed by atoms with Gasteiger partial charge in [0.05, 0.1) is 11.5 Å². The summed E-state index contributed by atoms with van der Waals surface area (Å²) in [6, 6.07) is 2.55. The minimum Gasteiger partial charge on any atom is -0.348 e. The van der Waals surface area contributed by atoms with Crippen LogP contribution < -0.4 is 10.9 Å². The third kappa shape index (κ3) is 2.73. The molecule has 2 N–H and O–H groups in total. The first-order chi connectivity index (χ1) is 7.98. The Balaban J connectivity index is 2.09. The molecule has 92 valence electrons. The number of rotatable bonds is 2. The zero-order valence-electron chi connectivity index (χ0n) is 8.97. The molecule has 1 atom stereocenters. The van der Waals surface area contributed by atoms with E-state index in [-0.39, 0.29) is 17.1 Å². The maximum absolute atomic E-state index is 11.7. The van der Waals surface area contributed by atoms with Gasteiger partial charge in [0.25, 0.3) is 11.5 Å². The van der Waals surface area contributed by atoms with Crippen LogP contribution in [0.2, 0.25) is 0 Å². The van der Waals surface area contributed by atoms with Crippen molar-refractivity contribution < 1.29 is 13.2 Å². The van der Waals surface area contributed by atoms with E-state index in [1.807, 2.05) is 0 Å². The molecule has 0 spiro atoms. The molecule has 2 rings (SSSR count). The Labute approximate surface area is 98.0 Å². The number of hydrogen-bond acceptors (Lipinski definition) is 4. The van der Waals surface area contributed by atoms with E-state index in [4.69, 9.17) is 0 Å². The SMILES string of the molecule is O=C(N[C@H]1CCS(=O)(=O)C1)c1ccc[nH]c1=O. The van der Waals surface area contributed by atoms with Crippen LogP contribution in [-0.2, 0) is 9.84 Å². The summed E-state index contributed by atoms with van der Waals surface area (Å²) >= 11 is 0. The van der Waals surface area contributed by atoms with E-state index in [2.05, 4.69) is 10.3 Å². The summed E-state index contributed by atoms with van der Waals surface area (Å²) in [5, 5.41) is 2.55. The van der Waals surface area contributed by atoms with Crippen LogP contribution in [0.5, 0.6) is 0 Å². The second-order valence-electron chi connectivity index (χ2n) is 3.99. The predicted octanol–water partition coefficient (Wildman–Crippen LogP) is -0.708. The number of aromatic nitrogens is 1. The molecular formula is C10H12N2O4S. The number of carbonyl (C=O) groups is 1. The van der Waals surface area contributed by atoms with Crippen LogP contribution in [-0.4, -0.2) is 36.9 Å². The molecule has 0 radical (unpaired) electrons. The van der Waals surface area contributed by atoms with E-state index in [1.54, 1.807) is 6.07 Å². The number of amides is 1. The van der Waals surface area contributed by atoms with Gasteiger partial charge in [0.15, 0.2) is 9.84 Å². The lowest BCUT2D eigenvalue weighted by Gasteiger charge is -2.09. The molecule has 1 aromatic heterocycles. The summed E-state index contributed by atoms with van der Waals surface area (Å²) in [6.45, 7) is 0. The Bertz CT molecular complexity index is 590. The van der Waals surface area contributed by atoms with Gasteiger partial charge in [-0.05, 0) is 18.6 Å². The largest absolute Gasteiger partial charge is 0.348 e. The van der Waals surface area contributed by atoms with Crippen LogP contribution in [0.1, 0.15) is 16.8 Å². The molecule has 6 nitrogen and oxygen atoms in total. The number of H-pyrrole nitrogens is 1. The van der Waals surface area contributed by atoms with Crippen molar-refractivity contribution in [1.82, 2.24) is 10.3 Å². The highest BCUT2D eigenvalue weighted by Crippen LogP contribution is 2.11. The standard InChI is InChI=1S/C10H12N2O4S/c13-9-8(2-1-4-11-9)10(14)12-7-3-5-17(15,16)6-7/h1-2,4,7H,3,5-6H2,(H,11,13)(H,12,14)/t7-/m0/s1. The molecule has 1 aliphatic heterocycles. The van der Waals surface area contributed by atoms with E-state index in [1.165, 1.54) is 12.3 Å². The second-order valence-corrected chi connectivity index (χ2v) is 6.22.